The van der Waals surface area contributed by atoms with Gasteiger partial charge in [0.25, 0.3) is 0 Å². The summed E-state index contributed by atoms with van der Waals surface area (Å²) in [5.41, 5.74) is 5.57. The molecule has 1 fully saturated rings. The topological polar surface area (TPSA) is 84.7 Å². The van der Waals surface area contributed by atoms with Gasteiger partial charge in [-0.1, -0.05) is 0 Å². The molecule has 1 saturated heterocycles. The zero-order chi connectivity index (χ0) is 13.0. The smallest absolute Gasteiger partial charge is 0.245 e. The van der Waals surface area contributed by atoms with E-state index in [0.717, 1.165) is 0 Å². The maximum Gasteiger partial charge on any atom is 0.245 e. The summed E-state index contributed by atoms with van der Waals surface area (Å²) in [5.74, 6) is -0.397. The molecule has 2 atom stereocenters. The Balaban J connectivity index is 2.72. The molecule has 1 aliphatic rings. The first-order valence-electron chi connectivity index (χ1n) is 5.87. The van der Waals surface area contributed by atoms with Crippen molar-refractivity contribution in [3.8, 4) is 0 Å². The maximum atomic E-state index is 11.9. The molecule has 6 heteroatoms. The fourth-order valence-corrected chi connectivity index (χ4v) is 1.73. The summed E-state index contributed by atoms with van der Waals surface area (Å²) in [6, 6.07) is -1.12. The minimum atomic E-state index is -0.595. The van der Waals surface area contributed by atoms with Gasteiger partial charge in [0.2, 0.25) is 11.8 Å². The van der Waals surface area contributed by atoms with E-state index in [0.29, 0.717) is 13.2 Å². The molecule has 0 aromatic carbocycles. The number of amides is 2. The molecule has 17 heavy (non-hydrogen) atoms. The zero-order valence-corrected chi connectivity index (χ0v) is 10.6. The van der Waals surface area contributed by atoms with Crippen LogP contribution in [0.5, 0.6) is 0 Å². The molecule has 0 aromatic rings. The van der Waals surface area contributed by atoms with Crippen molar-refractivity contribution in [3.05, 3.63) is 0 Å². The standard InChI is InChI=1S/C11H21N3O3/c1-7(2)13-10(15)9-6-17-5-4-14(9)11(16)8(3)12/h7-9H,4-6,12H2,1-3H3,(H,13,15)/t8-,9?/m1/s1. The minimum Gasteiger partial charge on any atom is -0.377 e. The SMILES string of the molecule is CC(C)NC(=O)C1COCCN1C(=O)[C@@H](C)N. The first-order valence-corrected chi connectivity index (χ1v) is 5.87. The van der Waals surface area contributed by atoms with Gasteiger partial charge in [-0.3, -0.25) is 9.59 Å². The van der Waals surface area contributed by atoms with E-state index in [-0.39, 0.29) is 24.5 Å². The fraction of sp³-hybridized carbons (Fsp3) is 0.818. The van der Waals surface area contributed by atoms with Gasteiger partial charge in [-0.15, -0.1) is 0 Å². The Morgan fingerprint density at radius 2 is 2.06 bits per heavy atom. The fourth-order valence-electron chi connectivity index (χ4n) is 1.73. The molecule has 1 heterocycles. The van der Waals surface area contributed by atoms with Crippen LogP contribution >= 0.6 is 0 Å². The van der Waals surface area contributed by atoms with Gasteiger partial charge in [0.15, 0.2) is 0 Å². The van der Waals surface area contributed by atoms with E-state index in [1.165, 1.54) is 4.90 Å². The first kappa shape index (κ1) is 13.9. The molecule has 0 saturated carbocycles. The number of hydrogen-bond acceptors (Lipinski definition) is 4. The van der Waals surface area contributed by atoms with Crippen LogP contribution in [-0.4, -0.2) is 54.6 Å². The number of carbonyl (C=O) groups excluding carboxylic acids is 2. The number of nitrogens with one attached hydrogen (secondary N) is 1. The van der Waals surface area contributed by atoms with Gasteiger partial charge in [0, 0.05) is 12.6 Å². The van der Waals surface area contributed by atoms with Crippen LogP contribution in [0, 0.1) is 0 Å². The van der Waals surface area contributed by atoms with Crippen LogP contribution in [0.15, 0.2) is 0 Å². The van der Waals surface area contributed by atoms with Crippen LogP contribution in [0.4, 0.5) is 0 Å². The molecule has 1 rings (SSSR count). The normalized spacial score (nSPS) is 22.4. The van der Waals surface area contributed by atoms with Gasteiger partial charge < -0.3 is 20.7 Å². The molecule has 6 nitrogen and oxygen atoms in total. The van der Waals surface area contributed by atoms with Gasteiger partial charge in [-0.2, -0.15) is 0 Å². The monoisotopic (exact) mass is 243 g/mol. The number of ether oxygens (including phenoxy) is 1. The van der Waals surface area contributed by atoms with Crippen molar-refractivity contribution in [2.45, 2.75) is 38.9 Å². The van der Waals surface area contributed by atoms with Crippen molar-refractivity contribution in [2.75, 3.05) is 19.8 Å². The summed E-state index contributed by atoms with van der Waals surface area (Å²) in [6.07, 6.45) is 0. The van der Waals surface area contributed by atoms with Crippen LogP contribution in [0.25, 0.3) is 0 Å². The van der Waals surface area contributed by atoms with Gasteiger partial charge in [-0.25, -0.2) is 0 Å². The Hall–Kier alpha value is -1.14. The third-order valence-electron chi connectivity index (χ3n) is 2.53. The highest BCUT2D eigenvalue weighted by Crippen LogP contribution is 2.09. The van der Waals surface area contributed by atoms with Crippen LogP contribution in [0.3, 0.4) is 0 Å². The van der Waals surface area contributed by atoms with E-state index in [1.54, 1.807) is 6.92 Å². The van der Waals surface area contributed by atoms with Crippen LogP contribution in [0.2, 0.25) is 0 Å². The lowest BCUT2D eigenvalue weighted by Crippen LogP contribution is -2.59. The highest BCUT2D eigenvalue weighted by molar-refractivity contribution is 5.90. The number of hydrogen-bond donors (Lipinski definition) is 2. The number of nitrogens with two attached hydrogens (primary N) is 1. The van der Waals surface area contributed by atoms with Gasteiger partial charge >= 0.3 is 0 Å². The Kier molecular flexibility index (Phi) is 4.89. The minimum absolute atomic E-state index is 0.0386. The molecular weight excluding hydrogens is 222 g/mol. The largest absolute Gasteiger partial charge is 0.377 e. The second kappa shape index (κ2) is 5.97. The third-order valence-corrected chi connectivity index (χ3v) is 2.53. The second-order valence-electron chi connectivity index (χ2n) is 4.57. The number of nitrogens with zero attached hydrogens (tertiary/aromatic N) is 1. The molecule has 3 N–H and O–H groups in total. The number of rotatable bonds is 3. The van der Waals surface area contributed by atoms with Crippen molar-refractivity contribution in [1.82, 2.24) is 10.2 Å². The quantitative estimate of drug-likeness (QED) is 0.672. The summed E-state index contributed by atoms with van der Waals surface area (Å²) in [7, 11) is 0. The van der Waals surface area contributed by atoms with Crippen molar-refractivity contribution >= 4 is 11.8 Å². The van der Waals surface area contributed by atoms with Crippen molar-refractivity contribution in [3.63, 3.8) is 0 Å². The van der Waals surface area contributed by atoms with Gasteiger partial charge in [0.05, 0.1) is 19.3 Å². The lowest BCUT2D eigenvalue weighted by Gasteiger charge is -2.35. The van der Waals surface area contributed by atoms with E-state index >= 15 is 0 Å². The van der Waals surface area contributed by atoms with Crippen molar-refractivity contribution in [2.24, 2.45) is 5.73 Å². The summed E-state index contributed by atoms with van der Waals surface area (Å²) >= 11 is 0. The average molecular weight is 243 g/mol. The molecule has 0 bridgehead atoms. The van der Waals surface area contributed by atoms with Gasteiger partial charge in [0.1, 0.15) is 6.04 Å². The Labute approximate surface area is 101 Å². The van der Waals surface area contributed by atoms with E-state index in [9.17, 15) is 9.59 Å². The zero-order valence-electron chi connectivity index (χ0n) is 10.6. The Morgan fingerprint density at radius 3 is 2.59 bits per heavy atom. The first-order chi connectivity index (χ1) is 7.93. The molecule has 2 amide bonds. The summed E-state index contributed by atoms with van der Waals surface area (Å²) < 4.78 is 5.25. The van der Waals surface area contributed by atoms with Crippen LogP contribution in [-0.2, 0) is 14.3 Å². The predicted octanol–water partition coefficient (Wildman–Crippen LogP) is -0.914. The molecule has 98 valence electrons. The van der Waals surface area contributed by atoms with Crippen molar-refractivity contribution < 1.29 is 14.3 Å². The lowest BCUT2D eigenvalue weighted by atomic mass is 10.1. The van der Waals surface area contributed by atoms with Gasteiger partial charge in [-0.05, 0) is 20.8 Å². The molecular formula is C11H21N3O3. The van der Waals surface area contributed by atoms with E-state index in [1.807, 2.05) is 13.8 Å². The summed E-state index contributed by atoms with van der Waals surface area (Å²) in [5, 5.41) is 2.78. The average Bonchev–Trinajstić information content (AvgIpc) is 2.27. The summed E-state index contributed by atoms with van der Waals surface area (Å²) in [4.78, 5) is 25.3. The van der Waals surface area contributed by atoms with Crippen LogP contribution < -0.4 is 11.1 Å². The third kappa shape index (κ3) is 3.67. The number of morpholine rings is 1. The van der Waals surface area contributed by atoms with E-state index in [2.05, 4.69) is 5.32 Å². The maximum absolute atomic E-state index is 11.9. The molecule has 0 spiro atoms. The highest BCUT2D eigenvalue weighted by Gasteiger charge is 2.33. The highest BCUT2D eigenvalue weighted by atomic mass is 16.5. The molecule has 1 aliphatic heterocycles. The van der Waals surface area contributed by atoms with Crippen LogP contribution in [0.1, 0.15) is 20.8 Å². The Morgan fingerprint density at radius 1 is 1.41 bits per heavy atom. The Bertz CT molecular complexity index is 292. The van der Waals surface area contributed by atoms with Crippen molar-refractivity contribution in [1.29, 1.82) is 0 Å². The second-order valence-corrected chi connectivity index (χ2v) is 4.57. The van der Waals surface area contributed by atoms with E-state index < -0.39 is 12.1 Å². The molecule has 0 aliphatic carbocycles. The van der Waals surface area contributed by atoms with E-state index in [4.69, 9.17) is 10.5 Å². The molecule has 0 radical (unpaired) electrons. The lowest BCUT2D eigenvalue weighted by molar-refractivity contribution is -0.149. The molecule has 1 unspecified atom stereocenters. The number of carbonyl (C=O) groups is 2. The molecule has 0 aromatic heterocycles. The predicted molar refractivity (Wildman–Crippen MR) is 63.2 cm³/mol. The summed E-state index contributed by atoms with van der Waals surface area (Å²) in [6.45, 7) is 6.46.